The van der Waals surface area contributed by atoms with Crippen molar-refractivity contribution in [2.45, 2.75) is 44.7 Å². The Morgan fingerprint density at radius 2 is 2.00 bits per heavy atom. The summed E-state index contributed by atoms with van der Waals surface area (Å²) in [5, 5.41) is 0. The lowest BCUT2D eigenvalue weighted by Gasteiger charge is -2.39. The highest BCUT2D eigenvalue weighted by Gasteiger charge is 2.44. The third kappa shape index (κ3) is 3.16. The Labute approximate surface area is 137 Å². The molecule has 0 aromatic heterocycles. The van der Waals surface area contributed by atoms with E-state index in [1.165, 1.54) is 5.56 Å². The molecular formula is C19H24N2O2. The number of amides is 2. The second-order valence-electron chi connectivity index (χ2n) is 6.55. The van der Waals surface area contributed by atoms with Gasteiger partial charge >= 0.3 is 0 Å². The summed E-state index contributed by atoms with van der Waals surface area (Å²) in [5.74, 6) is 0.369. The maximum Gasteiger partial charge on any atom is 0.227 e. The average molecular weight is 312 g/mol. The summed E-state index contributed by atoms with van der Waals surface area (Å²) in [7, 11) is 0. The van der Waals surface area contributed by atoms with Crippen LogP contribution in [0.5, 0.6) is 0 Å². The summed E-state index contributed by atoms with van der Waals surface area (Å²) >= 11 is 0. The average Bonchev–Trinajstić information content (AvgIpc) is 2.97. The molecule has 0 bridgehead atoms. The molecule has 2 fully saturated rings. The van der Waals surface area contributed by atoms with Crippen molar-refractivity contribution < 1.29 is 9.59 Å². The molecule has 0 aliphatic carbocycles. The fourth-order valence-electron chi connectivity index (χ4n) is 3.82. The van der Waals surface area contributed by atoms with Gasteiger partial charge in [-0.05, 0) is 25.3 Å². The second-order valence-corrected chi connectivity index (χ2v) is 6.55. The highest BCUT2D eigenvalue weighted by molar-refractivity contribution is 5.81. The van der Waals surface area contributed by atoms with Gasteiger partial charge in [0.1, 0.15) is 0 Å². The molecule has 4 nitrogen and oxygen atoms in total. The van der Waals surface area contributed by atoms with E-state index in [2.05, 4.69) is 6.58 Å². The second kappa shape index (κ2) is 6.57. The Morgan fingerprint density at radius 3 is 2.70 bits per heavy atom. The Morgan fingerprint density at radius 1 is 1.26 bits per heavy atom. The number of nitrogens with zero attached hydrogens (tertiary/aromatic N) is 2. The maximum absolute atomic E-state index is 12.7. The molecule has 0 saturated carbocycles. The van der Waals surface area contributed by atoms with Gasteiger partial charge in [-0.3, -0.25) is 9.59 Å². The molecule has 2 atom stereocenters. The van der Waals surface area contributed by atoms with Crippen LogP contribution in [-0.4, -0.2) is 46.8 Å². The number of fused-ring (bicyclic) bond motifs is 1. The number of hydrogen-bond acceptors (Lipinski definition) is 2. The van der Waals surface area contributed by atoms with Crippen LogP contribution in [0.1, 0.15) is 30.4 Å². The standard InChI is InChI=1S/C19H24N2O2/c1-3-11-20-17-10-12-21(16(17)8-9-18(20)22)19(23)13-15-6-4-14(2)5-7-15/h3-7,16-17H,1,8-13H2,2H3/t16-,17-/m0/s1. The van der Waals surface area contributed by atoms with Crippen LogP contribution in [0.2, 0.25) is 0 Å². The van der Waals surface area contributed by atoms with Crippen molar-refractivity contribution in [3.05, 3.63) is 48.0 Å². The molecule has 0 unspecified atom stereocenters. The number of likely N-dealkylation sites (tertiary alicyclic amines) is 2. The minimum absolute atomic E-state index is 0.163. The first-order valence-electron chi connectivity index (χ1n) is 8.35. The van der Waals surface area contributed by atoms with Crippen LogP contribution in [0.4, 0.5) is 0 Å². The van der Waals surface area contributed by atoms with E-state index in [4.69, 9.17) is 0 Å². The van der Waals surface area contributed by atoms with E-state index < -0.39 is 0 Å². The number of piperidine rings is 1. The van der Waals surface area contributed by atoms with Gasteiger partial charge < -0.3 is 9.80 Å². The van der Waals surface area contributed by atoms with Crippen molar-refractivity contribution >= 4 is 11.8 Å². The van der Waals surface area contributed by atoms with Crippen molar-refractivity contribution in [2.75, 3.05) is 13.1 Å². The molecule has 2 aliphatic heterocycles. The van der Waals surface area contributed by atoms with E-state index in [0.29, 0.717) is 19.4 Å². The molecule has 3 rings (SSSR count). The number of benzene rings is 1. The van der Waals surface area contributed by atoms with E-state index >= 15 is 0 Å². The first-order valence-corrected chi connectivity index (χ1v) is 8.35. The molecule has 23 heavy (non-hydrogen) atoms. The summed E-state index contributed by atoms with van der Waals surface area (Å²) in [6.07, 6.45) is 4.42. The van der Waals surface area contributed by atoms with Crippen molar-refractivity contribution in [1.29, 1.82) is 0 Å². The number of hydrogen-bond donors (Lipinski definition) is 0. The quantitative estimate of drug-likeness (QED) is 0.801. The maximum atomic E-state index is 12.7. The zero-order valence-corrected chi connectivity index (χ0v) is 13.7. The molecule has 1 aromatic rings. The van der Waals surface area contributed by atoms with Crippen molar-refractivity contribution in [1.82, 2.24) is 9.80 Å². The zero-order chi connectivity index (χ0) is 16.4. The lowest BCUT2D eigenvalue weighted by molar-refractivity contribution is -0.141. The van der Waals surface area contributed by atoms with Gasteiger partial charge in [0.2, 0.25) is 11.8 Å². The molecule has 2 amide bonds. The normalized spacial score (nSPS) is 23.8. The summed E-state index contributed by atoms with van der Waals surface area (Å²) in [6, 6.07) is 8.47. The number of carbonyl (C=O) groups excluding carboxylic acids is 2. The van der Waals surface area contributed by atoms with Crippen molar-refractivity contribution in [2.24, 2.45) is 0 Å². The van der Waals surface area contributed by atoms with Crippen LogP contribution < -0.4 is 0 Å². The van der Waals surface area contributed by atoms with E-state index in [1.807, 2.05) is 41.0 Å². The van der Waals surface area contributed by atoms with Gasteiger partial charge in [-0.15, -0.1) is 6.58 Å². The lowest BCUT2D eigenvalue weighted by Crippen LogP contribution is -2.53. The van der Waals surface area contributed by atoms with Crippen LogP contribution in [0, 0.1) is 6.92 Å². The Kier molecular flexibility index (Phi) is 4.51. The molecular weight excluding hydrogens is 288 g/mol. The summed E-state index contributed by atoms with van der Waals surface area (Å²) in [5.41, 5.74) is 2.26. The third-order valence-electron chi connectivity index (χ3n) is 5.01. The van der Waals surface area contributed by atoms with E-state index in [1.54, 1.807) is 6.08 Å². The fourth-order valence-corrected chi connectivity index (χ4v) is 3.82. The minimum atomic E-state index is 0.163. The third-order valence-corrected chi connectivity index (χ3v) is 5.01. The van der Waals surface area contributed by atoms with Crippen LogP contribution >= 0.6 is 0 Å². The largest absolute Gasteiger partial charge is 0.337 e. The molecule has 2 saturated heterocycles. The molecule has 2 aliphatic rings. The topological polar surface area (TPSA) is 40.6 Å². The summed E-state index contributed by atoms with van der Waals surface area (Å²) in [4.78, 5) is 28.7. The van der Waals surface area contributed by atoms with Crippen molar-refractivity contribution in [3.8, 4) is 0 Å². The number of carbonyl (C=O) groups is 2. The highest BCUT2D eigenvalue weighted by Crippen LogP contribution is 2.31. The van der Waals surface area contributed by atoms with Crippen LogP contribution in [0.15, 0.2) is 36.9 Å². The molecule has 2 heterocycles. The summed E-state index contributed by atoms with van der Waals surface area (Å²) < 4.78 is 0. The van der Waals surface area contributed by atoms with Gasteiger partial charge in [0.15, 0.2) is 0 Å². The van der Waals surface area contributed by atoms with E-state index in [9.17, 15) is 9.59 Å². The minimum Gasteiger partial charge on any atom is -0.337 e. The monoisotopic (exact) mass is 312 g/mol. The van der Waals surface area contributed by atoms with Crippen LogP contribution in [-0.2, 0) is 16.0 Å². The molecule has 0 radical (unpaired) electrons. The number of rotatable bonds is 4. The van der Waals surface area contributed by atoms with Gasteiger partial charge in [0, 0.05) is 19.5 Å². The van der Waals surface area contributed by atoms with Crippen LogP contribution in [0.25, 0.3) is 0 Å². The van der Waals surface area contributed by atoms with Gasteiger partial charge in [0.05, 0.1) is 18.5 Å². The SMILES string of the molecule is C=CCN1C(=O)CC[C@H]2[C@@H]1CCN2C(=O)Cc1ccc(C)cc1. The highest BCUT2D eigenvalue weighted by atomic mass is 16.2. The predicted molar refractivity (Wildman–Crippen MR) is 89.9 cm³/mol. The summed E-state index contributed by atoms with van der Waals surface area (Å²) in [6.45, 7) is 7.13. The van der Waals surface area contributed by atoms with Gasteiger partial charge in [-0.2, -0.15) is 0 Å². The van der Waals surface area contributed by atoms with Gasteiger partial charge in [-0.25, -0.2) is 0 Å². The molecule has 122 valence electrons. The van der Waals surface area contributed by atoms with Gasteiger partial charge in [0.25, 0.3) is 0 Å². The first kappa shape index (κ1) is 15.8. The molecule has 4 heteroatoms. The van der Waals surface area contributed by atoms with Gasteiger partial charge in [-0.1, -0.05) is 35.9 Å². The molecule has 0 spiro atoms. The number of aryl methyl sites for hydroxylation is 1. The Bertz CT molecular complexity index is 608. The predicted octanol–water partition coefficient (Wildman–Crippen LogP) is 2.32. The molecule has 0 N–H and O–H groups in total. The van der Waals surface area contributed by atoms with Crippen molar-refractivity contribution in [3.63, 3.8) is 0 Å². The first-order chi connectivity index (χ1) is 11.1. The Balaban J connectivity index is 1.69. The Hall–Kier alpha value is -2.10. The smallest absolute Gasteiger partial charge is 0.227 e. The molecule has 1 aromatic carbocycles. The van der Waals surface area contributed by atoms with Crippen LogP contribution in [0.3, 0.4) is 0 Å². The van der Waals surface area contributed by atoms with E-state index in [0.717, 1.165) is 24.9 Å². The fraction of sp³-hybridized carbons (Fsp3) is 0.474. The zero-order valence-electron chi connectivity index (χ0n) is 13.7. The lowest BCUT2D eigenvalue weighted by atomic mass is 9.96. The van der Waals surface area contributed by atoms with E-state index in [-0.39, 0.29) is 23.9 Å².